The first-order chi connectivity index (χ1) is 8.83. The van der Waals surface area contributed by atoms with Gasteiger partial charge in [0.15, 0.2) is 0 Å². The fraction of sp³-hybridized carbons (Fsp3) is 0.357. The van der Waals surface area contributed by atoms with Gasteiger partial charge in [-0.15, -0.1) is 0 Å². The van der Waals surface area contributed by atoms with E-state index >= 15 is 0 Å². The lowest BCUT2D eigenvalue weighted by atomic mass is 10.1. The maximum absolute atomic E-state index is 5.84. The Hall–Kier alpha value is -1.81. The van der Waals surface area contributed by atoms with E-state index in [-0.39, 0.29) is 6.04 Å². The molecule has 0 amide bonds. The fourth-order valence-electron chi connectivity index (χ4n) is 1.92. The number of nitrogens with one attached hydrogen (secondary N) is 1. The maximum atomic E-state index is 5.84. The Morgan fingerprint density at radius 3 is 2.78 bits per heavy atom. The van der Waals surface area contributed by atoms with Gasteiger partial charge in [-0.1, -0.05) is 25.1 Å². The Morgan fingerprint density at radius 2 is 2.11 bits per heavy atom. The Balaban J connectivity index is 2.08. The van der Waals surface area contributed by atoms with Crippen LogP contribution in [-0.2, 0) is 6.54 Å². The van der Waals surface area contributed by atoms with Crippen LogP contribution in [0.2, 0.25) is 0 Å². The van der Waals surface area contributed by atoms with E-state index in [2.05, 4.69) is 23.5 Å². The van der Waals surface area contributed by atoms with Gasteiger partial charge in [-0.25, -0.2) is 0 Å². The smallest absolute Gasteiger partial charge is 0.0667 e. The van der Waals surface area contributed by atoms with E-state index in [0.717, 1.165) is 24.2 Å². The summed E-state index contributed by atoms with van der Waals surface area (Å²) in [5.41, 5.74) is 8.05. The highest BCUT2D eigenvalue weighted by molar-refractivity contribution is 5.44. The van der Waals surface area contributed by atoms with E-state index < -0.39 is 0 Å². The van der Waals surface area contributed by atoms with Gasteiger partial charge in [0, 0.05) is 30.5 Å². The van der Waals surface area contributed by atoms with Crippen molar-refractivity contribution < 1.29 is 0 Å². The summed E-state index contributed by atoms with van der Waals surface area (Å²) < 4.78 is 1.96. The Labute approximate surface area is 108 Å². The first kappa shape index (κ1) is 12.6. The van der Waals surface area contributed by atoms with Crippen molar-refractivity contribution in [2.45, 2.75) is 25.9 Å². The van der Waals surface area contributed by atoms with Crippen LogP contribution in [0, 0.1) is 0 Å². The standard InChI is InChI=1S/C14H20N4/c1-2-8-18-11-12(10-16-18)14(9-15)17-13-6-4-3-5-7-13/h3-7,10-11,14,17H,2,8-9,15H2,1H3. The van der Waals surface area contributed by atoms with Crippen molar-refractivity contribution in [3.63, 3.8) is 0 Å². The van der Waals surface area contributed by atoms with Crippen molar-refractivity contribution in [3.8, 4) is 0 Å². The second-order valence-corrected chi connectivity index (χ2v) is 4.34. The first-order valence-corrected chi connectivity index (χ1v) is 6.37. The zero-order chi connectivity index (χ0) is 12.8. The van der Waals surface area contributed by atoms with E-state index in [4.69, 9.17) is 5.73 Å². The molecular formula is C14H20N4. The SMILES string of the molecule is CCCn1cc(C(CN)Nc2ccccc2)cn1. The predicted molar refractivity (Wildman–Crippen MR) is 74.4 cm³/mol. The van der Waals surface area contributed by atoms with Crippen LogP contribution in [0.1, 0.15) is 24.9 Å². The molecule has 0 bridgehead atoms. The largest absolute Gasteiger partial charge is 0.377 e. The second-order valence-electron chi connectivity index (χ2n) is 4.34. The maximum Gasteiger partial charge on any atom is 0.0667 e. The summed E-state index contributed by atoms with van der Waals surface area (Å²) in [6.45, 7) is 3.64. The van der Waals surface area contributed by atoms with Gasteiger partial charge in [0.1, 0.15) is 0 Å². The summed E-state index contributed by atoms with van der Waals surface area (Å²) in [5.74, 6) is 0. The zero-order valence-corrected chi connectivity index (χ0v) is 10.7. The number of anilines is 1. The lowest BCUT2D eigenvalue weighted by Gasteiger charge is -2.16. The number of rotatable bonds is 6. The number of benzene rings is 1. The third kappa shape index (κ3) is 3.11. The van der Waals surface area contributed by atoms with E-state index in [9.17, 15) is 0 Å². The summed E-state index contributed by atoms with van der Waals surface area (Å²) in [4.78, 5) is 0. The molecule has 1 heterocycles. The molecule has 0 aliphatic carbocycles. The van der Waals surface area contributed by atoms with Crippen molar-refractivity contribution >= 4 is 5.69 Å². The van der Waals surface area contributed by atoms with Crippen molar-refractivity contribution in [1.29, 1.82) is 0 Å². The molecule has 1 unspecified atom stereocenters. The second kappa shape index (κ2) is 6.21. The van der Waals surface area contributed by atoms with Crippen LogP contribution in [0.25, 0.3) is 0 Å². The van der Waals surface area contributed by atoms with Crippen LogP contribution < -0.4 is 11.1 Å². The van der Waals surface area contributed by atoms with Gasteiger partial charge in [-0.3, -0.25) is 4.68 Å². The molecule has 1 aromatic heterocycles. The van der Waals surface area contributed by atoms with Crippen molar-refractivity contribution in [2.75, 3.05) is 11.9 Å². The molecule has 0 aliphatic heterocycles. The Bertz CT molecular complexity index is 464. The molecule has 0 radical (unpaired) electrons. The van der Waals surface area contributed by atoms with Crippen molar-refractivity contribution in [1.82, 2.24) is 9.78 Å². The molecule has 2 aromatic rings. The van der Waals surface area contributed by atoms with Gasteiger partial charge in [-0.05, 0) is 18.6 Å². The summed E-state index contributed by atoms with van der Waals surface area (Å²) in [6.07, 6.45) is 5.04. The number of hydrogen-bond donors (Lipinski definition) is 2. The highest BCUT2D eigenvalue weighted by Crippen LogP contribution is 2.18. The van der Waals surface area contributed by atoms with Crippen LogP contribution in [0.5, 0.6) is 0 Å². The van der Waals surface area contributed by atoms with E-state index in [1.807, 2.05) is 41.2 Å². The zero-order valence-electron chi connectivity index (χ0n) is 10.7. The predicted octanol–water partition coefficient (Wildman–Crippen LogP) is 2.41. The van der Waals surface area contributed by atoms with Gasteiger partial charge in [0.2, 0.25) is 0 Å². The number of para-hydroxylation sites is 1. The fourth-order valence-corrected chi connectivity index (χ4v) is 1.92. The third-order valence-electron chi connectivity index (χ3n) is 2.86. The molecule has 0 spiro atoms. The molecule has 3 N–H and O–H groups in total. The van der Waals surface area contributed by atoms with Crippen molar-refractivity contribution in [3.05, 3.63) is 48.3 Å². The Kier molecular flexibility index (Phi) is 4.36. The van der Waals surface area contributed by atoms with Crippen LogP contribution in [0.3, 0.4) is 0 Å². The van der Waals surface area contributed by atoms with Gasteiger partial charge >= 0.3 is 0 Å². The Morgan fingerprint density at radius 1 is 1.33 bits per heavy atom. The van der Waals surface area contributed by atoms with Crippen LogP contribution in [0.15, 0.2) is 42.7 Å². The molecule has 1 aromatic carbocycles. The number of nitrogens with two attached hydrogens (primary N) is 1. The molecule has 0 aliphatic rings. The minimum absolute atomic E-state index is 0.109. The highest BCUT2D eigenvalue weighted by Gasteiger charge is 2.11. The molecule has 0 saturated carbocycles. The minimum Gasteiger partial charge on any atom is -0.377 e. The molecule has 4 heteroatoms. The third-order valence-corrected chi connectivity index (χ3v) is 2.86. The quantitative estimate of drug-likeness (QED) is 0.820. The molecular weight excluding hydrogens is 224 g/mol. The monoisotopic (exact) mass is 244 g/mol. The van der Waals surface area contributed by atoms with Gasteiger partial charge in [-0.2, -0.15) is 5.10 Å². The number of aromatic nitrogens is 2. The molecule has 1 atom stereocenters. The van der Waals surface area contributed by atoms with Gasteiger partial charge in [0.25, 0.3) is 0 Å². The summed E-state index contributed by atoms with van der Waals surface area (Å²) in [7, 11) is 0. The van der Waals surface area contributed by atoms with E-state index in [1.165, 1.54) is 0 Å². The summed E-state index contributed by atoms with van der Waals surface area (Å²) in [5, 5.41) is 7.76. The molecule has 0 fully saturated rings. The van der Waals surface area contributed by atoms with Crippen LogP contribution in [0.4, 0.5) is 5.69 Å². The average Bonchev–Trinajstić information content (AvgIpc) is 2.86. The number of aryl methyl sites for hydroxylation is 1. The topological polar surface area (TPSA) is 55.9 Å². The van der Waals surface area contributed by atoms with Gasteiger partial charge < -0.3 is 11.1 Å². The molecule has 4 nitrogen and oxygen atoms in total. The number of nitrogens with zero attached hydrogens (tertiary/aromatic N) is 2. The highest BCUT2D eigenvalue weighted by atomic mass is 15.3. The van der Waals surface area contributed by atoms with Crippen LogP contribution >= 0.6 is 0 Å². The van der Waals surface area contributed by atoms with Gasteiger partial charge in [0.05, 0.1) is 12.2 Å². The minimum atomic E-state index is 0.109. The summed E-state index contributed by atoms with van der Waals surface area (Å²) in [6, 6.07) is 10.2. The lowest BCUT2D eigenvalue weighted by molar-refractivity contribution is 0.601. The number of hydrogen-bond acceptors (Lipinski definition) is 3. The van der Waals surface area contributed by atoms with E-state index in [0.29, 0.717) is 6.54 Å². The van der Waals surface area contributed by atoms with E-state index in [1.54, 1.807) is 0 Å². The lowest BCUT2D eigenvalue weighted by Crippen LogP contribution is -2.20. The normalized spacial score (nSPS) is 12.3. The molecule has 2 rings (SSSR count). The molecule has 96 valence electrons. The first-order valence-electron chi connectivity index (χ1n) is 6.37. The van der Waals surface area contributed by atoms with Crippen LogP contribution in [-0.4, -0.2) is 16.3 Å². The van der Waals surface area contributed by atoms with Crippen molar-refractivity contribution in [2.24, 2.45) is 5.73 Å². The summed E-state index contributed by atoms with van der Waals surface area (Å²) >= 11 is 0. The average molecular weight is 244 g/mol. The molecule has 18 heavy (non-hydrogen) atoms. The molecule has 0 saturated heterocycles.